The van der Waals surface area contributed by atoms with Crippen LogP contribution < -0.4 is 0 Å². The van der Waals surface area contributed by atoms with Crippen LogP contribution in [0.4, 0.5) is 0 Å². The lowest BCUT2D eigenvalue weighted by atomic mass is 9.96. The number of nitrogens with zero attached hydrogens (tertiary/aromatic N) is 5. The van der Waals surface area contributed by atoms with Gasteiger partial charge in [-0.05, 0) is 43.4 Å². The fourth-order valence-corrected chi connectivity index (χ4v) is 5.17. The lowest BCUT2D eigenvalue weighted by Gasteiger charge is -2.11. The van der Waals surface area contributed by atoms with Gasteiger partial charge in [-0.25, -0.2) is 0 Å². The Labute approximate surface area is 140 Å². The molecule has 5 nitrogen and oxygen atoms in total. The molecule has 0 bridgehead atoms. The maximum atomic E-state index is 4.80. The van der Waals surface area contributed by atoms with Gasteiger partial charge in [0, 0.05) is 33.8 Å². The molecule has 1 aliphatic rings. The second-order valence-electron chi connectivity index (χ2n) is 5.62. The minimum absolute atomic E-state index is 0.772. The van der Waals surface area contributed by atoms with Crippen molar-refractivity contribution in [2.45, 2.75) is 25.7 Å². The van der Waals surface area contributed by atoms with E-state index in [-0.39, 0.29) is 0 Å². The van der Waals surface area contributed by atoms with Crippen LogP contribution in [0.2, 0.25) is 0 Å². The molecule has 0 N–H and O–H groups in total. The molecule has 0 aromatic carbocycles. The highest BCUT2D eigenvalue weighted by Gasteiger charge is 2.21. The van der Waals surface area contributed by atoms with Gasteiger partial charge >= 0.3 is 0 Å². The molecule has 1 aliphatic carbocycles. The standard InChI is InChI=1S/C16H13N5S2/c1-2-4-13-11(3-1)12(9-22-13)15-20-21-14(18-19-16(21)23-15)10-5-7-17-8-6-10/h5-9H,1-4H2. The summed E-state index contributed by atoms with van der Waals surface area (Å²) in [5.41, 5.74) is 3.77. The summed E-state index contributed by atoms with van der Waals surface area (Å²) >= 11 is 3.49. The number of aromatic nitrogens is 5. The van der Waals surface area contributed by atoms with Crippen LogP contribution in [0.5, 0.6) is 0 Å². The highest BCUT2D eigenvalue weighted by molar-refractivity contribution is 7.20. The quantitative estimate of drug-likeness (QED) is 0.556. The second-order valence-corrected chi connectivity index (χ2v) is 7.54. The molecule has 0 saturated carbocycles. The Hall–Kier alpha value is -2.12. The van der Waals surface area contributed by atoms with Crippen LogP contribution in [0.15, 0.2) is 29.9 Å². The topological polar surface area (TPSA) is 56.0 Å². The van der Waals surface area contributed by atoms with Crippen LogP contribution in [-0.2, 0) is 12.8 Å². The van der Waals surface area contributed by atoms with E-state index in [1.165, 1.54) is 41.7 Å². The van der Waals surface area contributed by atoms with Gasteiger partial charge in [-0.3, -0.25) is 4.98 Å². The van der Waals surface area contributed by atoms with Crippen LogP contribution in [0.3, 0.4) is 0 Å². The Kier molecular flexibility index (Phi) is 3.02. The number of thiophene rings is 1. The average Bonchev–Trinajstić information content (AvgIpc) is 3.28. The van der Waals surface area contributed by atoms with Gasteiger partial charge in [0.05, 0.1) is 0 Å². The zero-order valence-electron chi connectivity index (χ0n) is 12.3. The van der Waals surface area contributed by atoms with Crippen LogP contribution in [0, 0.1) is 0 Å². The summed E-state index contributed by atoms with van der Waals surface area (Å²) in [7, 11) is 0. The van der Waals surface area contributed by atoms with Gasteiger partial charge in [0.15, 0.2) is 5.82 Å². The van der Waals surface area contributed by atoms with E-state index < -0.39 is 0 Å². The number of hydrogen-bond acceptors (Lipinski definition) is 6. The van der Waals surface area contributed by atoms with E-state index in [1.807, 2.05) is 28.0 Å². The molecular weight excluding hydrogens is 326 g/mol. The SMILES string of the molecule is c1cc(-c2nnc3sc(-c4csc5c4CCCC5)nn23)ccn1. The highest BCUT2D eigenvalue weighted by Crippen LogP contribution is 2.38. The summed E-state index contributed by atoms with van der Waals surface area (Å²) in [5.74, 6) is 0.772. The molecule has 114 valence electrons. The third kappa shape index (κ3) is 2.11. The summed E-state index contributed by atoms with van der Waals surface area (Å²) in [6.07, 6.45) is 8.50. The van der Waals surface area contributed by atoms with Gasteiger partial charge in [0.2, 0.25) is 4.96 Å². The minimum atomic E-state index is 0.772. The van der Waals surface area contributed by atoms with Crippen molar-refractivity contribution in [2.24, 2.45) is 0 Å². The van der Waals surface area contributed by atoms with Gasteiger partial charge in [-0.15, -0.1) is 21.5 Å². The molecule has 7 heteroatoms. The summed E-state index contributed by atoms with van der Waals surface area (Å²) < 4.78 is 1.85. The number of aryl methyl sites for hydroxylation is 1. The maximum Gasteiger partial charge on any atom is 0.235 e. The molecule has 0 aliphatic heterocycles. The zero-order valence-corrected chi connectivity index (χ0v) is 13.9. The monoisotopic (exact) mass is 339 g/mol. The summed E-state index contributed by atoms with van der Waals surface area (Å²) in [6.45, 7) is 0. The van der Waals surface area contributed by atoms with E-state index in [0.717, 1.165) is 21.4 Å². The van der Waals surface area contributed by atoms with Crippen molar-refractivity contribution in [3.8, 4) is 22.0 Å². The second kappa shape index (κ2) is 5.21. The minimum Gasteiger partial charge on any atom is -0.265 e. The Bertz CT molecular complexity index is 983. The first-order valence-corrected chi connectivity index (χ1v) is 9.32. The van der Waals surface area contributed by atoms with E-state index in [0.29, 0.717) is 0 Å². The third-order valence-electron chi connectivity index (χ3n) is 4.22. The maximum absolute atomic E-state index is 4.80. The van der Waals surface area contributed by atoms with Crippen molar-refractivity contribution in [2.75, 3.05) is 0 Å². The average molecular weight is 339 g/mol. The smallest absolute Gasteiger partial charge is 0.235 e. The van der Waals surface area contributed by atoms with Crippen LogP contribution in [0.25, 0.3) is 26.9 Å². The highest BCUT2D eigenvalue weighted by atomic mass is 32.1. The lowest BCUT2D eigenvalue weighted by molar-refractivity contribution is 0.698. The molecule has 4 aromatic heterocycles. The molecule has 0 unspecified atom stereocenters. The van der Waals surface area contributed by atoms with Crippen molar-refractivity contribution < 1.29 is 0 Å². The number of fused-ring (bicyclic) bond motifs is 2. The Morgan fingerprint density at radius 3 is 2.83 bits per heavy atom. The van der Waals surface area contributed by atoms with Gasteiger partial charge in [-0.2, -0.15) is 9.61 Å². The molecule has 0 spiro atoms. The normalized spacial score (nSPS) is 14.3. The molecular formula is C16H13N5S2. The van der Waals surface area contributed by atoms with Crippen LogP contribution in [-0.4, -0.2) is 24.8 Å². The summed E-state index contributed by atoms with van der Waals surface area (Å²) in [5, 5.41) is 16.7. The van der Waals surface area contributed by atoms with Gasteiger partial charge < -0.3 is 0 Å². The van der Waals surface area contributed by atoms with Gasteiger partial charge in [0.25, 0.3) is 0 Å². The van der Waals surface area contributed by atoms with E-state index in [2.05, 4.69) is 20.6 Å². The molecule has 4 aromatic rings. The fraction of sp³-hybridized carbons (Fsp3) is 0.250. The van der Waals surface area contributed by atoms with Crippen molar-refractivity contribution >= 4 is 27.6 Å². The number of rotatable bonds is 2. The predicted octanol–water partition coefficient (Wildman–Crippen LogP) is 3.86. The molecule has 5 rings (SSSR count). The van der Waals surface area contributed by atoms with Crippen LogP contribution in [0.1, 0.15) is 23.3 Å². The van der Waals surface area contributed by atoms with Gasteiger partial charge in [-0.1, -0.05) is 11.3 Å². The Balaban J connectivity index is 1.64. The first-order valence-electron chi connectivity index (χ1n) is 7.62. The summed E-state index contributed by atoms with van der Waals surface area (Å²) in [6, 6.07) is 3.86. The molecule has 0 radical (unpaired) electrons. The van der Waals surface area contributed by atoms with Crippen molar-refractivity contribution in [1.29, 1.82) is 0 Å². The van der Waals surface area contributed by atoms with Crippen molar-refractivity contribution in [3.63, 3.8) is 0 Å². The first kappa shape index (κ1) is 13.3. The third-order valence-corrected chi connectivity index (χ3v) is 6.24. The van der Waals surface area contributed by atoms with E-state index >= 15 is 0 Å². The predicted molar refractivity (Wildman–Crippen MR) is 91.8 cm³/mol. The lowest BCUT2D eigenvalue weighted by Crippen LogP contribution is -1.99. The van der Waals surface area contributed by atoms with Crippen LogP contribution >= 0.6 is 22.7 Å². The molecule has 0 atom stereocenters. The fourth-order valence-electron chi connectivity index (χ4n) is 3.08. The Morgan fingerprint density at radius 1 is 1.04 bits per heavy atom. The van der Waals surface area contributed by atoms with E-state index in [9.17, 15) is 0 Å². The summed E-state index contributed by atoms with van der Waals surface area (Å²) in [4.78, 5) is 6.43. The molecule has 4 heterocycles. The number of hydrogen-bond donors (Lipinski definition) is 0. The molecule has 0 amide bonds. The molecule has 23 heavy (non-hydrogen) atoms. The number of pyridine rings is 1. The van der Waals surface area contributed by atoms with Gasteiger partial charge in [0.1, 0.15) is 5.01 Å². The van der Waals surface area contributed by atoms with Crippen molar-refractivity contribution in [1.82, 2.24) is 24.8 Å². The Morgan fingerprint density at radius 2 is 1.91 bits per heavy atom. The molecule has 0 saturated heterocycles. The zero-order chi connectivity index (χ0) is 15.2. The van der Waals surface area contributed by atoms with E-state index in [1.54, 1.807) is 23.7 Å². The van der Waals surface area contributed by atoms with E-state index in [4.69, 9.17) is 5.10 Å². The largest absolute Gasteiger partial charge is 0.265 e. The first-order chi connectivity index (χ1) is 11.4. The molecule has 0 fully saturated rings. The van der Waals surface area contributed by atoms with Crippen molar-refractivity contribution in [3.05, 3.63) is 40.3 Å².